The van der Waals surface area contributed by atoms with Crippen LogP contribution in [-0.4, -0.2) is 0 Å². The molecule has 0 fully saturated rings. The van der Waals surface area contributed by atoms with Crippen molar-refractivity contribution >= 4 is 100 Å². The van der Waals surface area contributed by atoms with Gasteiger partial charge >= 0.3 is 0 Å². The monoisotopic (exact) mass is 1230 g/mol. The average molecular weight is 1240 g/mol. The van der Waals surface area contributed by atoms with Crippen molar-refractivity contribution in [2.45, 2.75) is 119 Å². The van der Waals surface area contributed by atoms with Crippen LogP contribution in [0, 0.1) is 0 Å². The zero-order chi connectivity index (χ0) is 58.6. The van der Waals surface area contributed by atoms with Gasteiger partial charge in [0.15, 0.2) is 0 Å². The minimum atomic E-state index is 1.06. The van der Waals surface area contributed by atoms with Crippen molar-refractivity contribution in [3.8, 4) is 11.1 Å². The standard InChI is InChI=1S/C76H76Br2N4.C2H6/c1-5-9-13-57-17-33-65(34-18-57)79(73-49-53-75(54-50-73)81(71-45-29-63(77)30-46-71)67-37-21-59(22-38-67)15-11-7-3)69-41-25-61(26-42-69)62-27-43-70(44-28-62)80(66-35-19-58(20-36-66)14-10-6-2)74-51-55-76(56-52-74)82(72-47-31-64(78)32-48-72)68-39-23-60(24-40-68)16-12-8-4;1-2/h17-56H,5-16H2,1-4H3;1-2H3. The molecule has 0 bridgehead atoms. The second-order valence-corrected chi connectivity index (χ2v) is 23.3. The lowest BCUT2D eigenvalue weighted by molar-refractivity contribution is 0.795. The first-order valence-corrected chi connectivity index (χ1v) is 32.4. The molecule has 0 spiro atoms. The third kappa shape index (κ3) is 15.6. The average Bonchev–Trinajstić information content (AvgIpc) is 3.51. The van der Waals surface area contributed by atoms with Gasteiger partial charge in [0.1, 0.15) is 0 Å². The first kappa shape index (κ1) is 60.9. The van der Waals surface area contributed by atoms with E-state index in [1.807, 2.05) is 13.8 Å². The fourth-order valence-corrected chi connectivity index (χ4v) is 11.4. The summed E-state index contributed by atoms with van der Waals surface area (Å²) in [5.74, 6) is 0. The summed E-state index contributed by atoms with van der Waals surface area (Å²) < 4.78 is 2.12. The third-order valence-electron chi connectivity index (χ3n) is 15.5. The lowest BCUT2D eigenvalue weighted by Crippen LogP contribution is -2.12. The van der Waals surface area contributed by atoms with Crippen LogP contribution in [0.4, 0.5) is 68.2 Å². The normalized spacial score (nSPS) is 11.0. The maximum Gasteiger partial charge on any atom is 0.0463 e. The van der Waals surface area contributed by atoms with Gasteiger partial charge in [-0.25, -0.2) is 0 Å². The lowest BCUT2D eigenvalue weighted by Gasteiger charge is -2.29. The molecule has 0 amide bonds. The van der Waals surface area contributed by atoms with Crippen LogP contribution >= 0.6 is 31.9 Å². The predicted molar refractivity (Wildman–Crippen MR) is 372 cm³/mol. The number of halogens is 2. The minimum Gasteiger partial charge on any atom is -0.311 e. The summed E-state index contributed by atoms with van der Waals surface area (Å²) >= 11 is 7.34. The molecule has 0 atom stereocenters. The molecule has 0 unspecified atom stereocenters. The van der Waals surface area contributed by atoms with E-state index in [0.29, 0.717) is 0 Å². The summed E-state index contributed by atoms with van der Waals surface area (Å²) in [7, 11) is 0. The number of hydrogen-bond donors (Lipinski definition) is 0. The summed E-state index contributed by atoms with van der Waals surface area (Å²) in [5, 5.41) is 0. The third-order valence-corrected chi connectivity index (χ3v) is 16.6. The van der Waals surface area contributed by atoms with Gasteiger partial charge in [-0.05, 0) is 255 Å². The summed E-state index contributed by atoms with van der Waals surface area (Å²) in [6, 6.07) is 89.9. The van der Waals surface area contributed by atoms with Gasteiger partial charge in [0.05, 0.1) is 0 Å². The molecule has 6 heteroatoms. The van der Waals surface area contributed by atoms with E-state index in [4.69, 9.17) is 0 Å². The fraction of sp³-hybridized carbons (Fsp3) is 0.231. The van der Waals surface area contributed by atoms with Gasteiger partial charge in [-0.2, -0.15) is 0 Å². The summed E-state index contributed by atoms with van der Waals surface area (Å²) in [5.41, 5.74) is 21.1. The van der Waals surface area contributed by atoms with Crippen LogP contribution < -0.4 is 19.6 Å². The number of hydrogen-bond acceptors (Lipinski definition) is 4. The molecule has 0 aliphatic heterocycles. The Kier molecular flexibility index (Phi) is 22.3. The maximum atomic E-state index is 3.67. The molecule has 0 heterocycles. The van der Waals surface area contributed by atoms with Gasteiger partial charge in [0.25, 0.3) is 0 Å². The predicted octanol–water partition coefficient (Wildman–Crippen LogP) is 25.2. The molecular formula is C78H82Br2N4. The Balaban J connectivity index is 0.00000419. The number of benzene rings is 10. The topological polar surface area (TPSA) is 13.0 Å². The van der Waals surface area contributed by atoms with Crippen LogP contribution in [0.1, 0.15) is 115 Å². The first-order valence-electron chi connectivity index (χ1n) is 30.8. The fourth-order valence-electron chi connectivity index (χ4n) is 10.8. The molecule has 84 heavy (non-hydrogen) atoms. The van der Waals surface area contributed by atoms with Crippen molar-refractivity contribution in [3.63, 3.8) is 0 Å². The molecular weight excluding hydrogens is 1150 g/mol. The Morgan fingerprint density at radius 3 is 0.524 bits per heavy atom. The van der Waals surface area contributed by atoms with Gasteiger partial charge in [-0.15, -0.1) is 0 Å². The zero-order valence-corrected chi connectivity index (χ0v) is 53.3. The van der Waals surface area contributed by atoms with E-state index >= 15 is 0 Å². The summed E-state index contributed by atoms with van der Waals surface area (Å²) in [6.07, 6.45) is 13.9. The highest BCUT2D eigenvalue weighted by atomic mass is 79.9. The van der Waals surface area contributed by atoms with Gasteiger partial charge in [-0.1, -0.05) is 172 Å². The van der Waals surface area contributed by atoms with E-state index in [0.717, 1.165) is 114 Å². The van der Waals surface area contributed by atoms with E-state index in [1.54, 1.807) is 0 Å². The van der Waals surface area contributed by atoms with E-state index in [9.17, 15) is 0 Å². The van der Waals surface area contributed by atoms with Crippen LogP contribution in [-0.2, 0) is 25.7 Å². The Hall–Kier alpha value is -7.64. The Labute approximate surface area is 519 Å². The number of anilines is 12. The van der Waals surface area contributed by atoms with E-state index < -0.39 is 0 Å². The Morgan fingerprint density at radius 1 is 0.214 bits per heavy atom. The van der Waals surface area contributed by atoms with Gasteiger partial charge in [-0.3, -0.25) is 0 Å². The van der Waals surface area contributed by atoms with Crippen molar-refractivity contribution in [1.82, 2.24) is 0 Å². The van der Waals surface area contributed by atoms with Crippen LogP contribution in [0.5, 0.6) is 0 Å². The van der Waals surface area contributed by atoms with Crippen LogP contribution in [0.3, 0.4) is 0 Å². The smallest absolute Gasteiger partial charge is 0.0463 e. The first-order chi connectivity index (χ1) is 41.3. The molecule has 0 saturated heterocycles. The molecule has 10 rings (SSSR count). The molecule has 10 aromatic rings. The molecule has 10 aromatic carbocycles. The zero-order valence-electron chi connectivity index (χ0n) is 50.1. The lowest BCUT2D eigenvalue weighted by atomic mass is 10.0. The van der Waals surface area contributed by atoms with E-state index in [-0.39, 0.29) is 0 Å². The van der Waals surface area contributed by atoms with Crippen molar-refractivity contribution in [3.05, 3.63) is 274 Å². The Bertz CT molecular complexity index is 3280. The van der Waals surface area contributed by atoms with E-state index in [1.165, 1.54) is 73.6 Å². The largest absolute Gasteiger partial charge is 0.311 e. The highest BCUT2D eigenvalue weighted by Crippen LogP contribution is 2.43. The van der Waals surface area contributed by atoms with Crippen molar-refractivity contribution in [2.24, 2.45) is 0 Å². The second kappa shape index (κ2) is 30.8. The molecule has 0 aromatic heterocycles. The van der Waals surface area contributed by atoms with Crippen LogP contribution in [0.15, 0.2) is 252 Å². The second-order valence-electron chi connectivity index (χ2n) is 21.5. The molecule has 0 saturated carbocycles. The maximum absolute atomic E-state index is 3.67. The quantitative estimate of drug-likeness (QED) is 0.0565. The van der Waals surface area contributed by atoms with Gasteiger partial charge in [0.2, 0.25) is 0 Å². The molecule has 0 N–H and O–H groups in total. The van der Waals surface area contributed by atoms with Gasteiger partial charge < -0.3 is 19.6 Å². The SMILES string of the molecule is CC.CCCCc1ccc(N(c2ccc(Br)cc2)c2ccc(N(c3ccc(CCCC)cc3)c3ccc(-c4ccc(N(c5ccc(CCCC)cc5)c5ccc(N(c6ccc(Br)cc6)c6ccc(CCCC)cc6)cc5)cc4)cc3)cc2)cc1. The molecule has 0 aliphatic carbocycles. The minimum absolute atomic E-state index is 1.06. The van der Waals surface area contributed by atoms with Crippen molar-refractivity contribution in [1.29, 1.82) is 0 Å². The molecule has 428 valence electrons. The Morgan fingerprint density at radius 2 is 0.357 bits per heavy atom. The summed E-state index contributed by atoms with van der Waals surface area (Å²) in [4.78, 5) is 9.46. The number of aryl methyl sites for hydroxylation is 4. The number of unbranched alkanes of at least 4 members (excludes halogenated alkanes) is 4. The number of rotatable bonds is 25. The molecule has 0 aliphatic rings. The van der Waals surface area contributed by atoms with Crippen molar-refractivity contribution < 1.29 is 0 Å². The number of nitrogens with zero attached hydrogens (tertiary/aromatic N) is 4. The van der Waals surface area contributed by atoms with E-state index in [2.05, 4.69) is 322 Å². The summed E-state index contributed by atoms with van der Waals surface area (Å²) in [6.45, 7) is 13.0. The molecule has 4 nitrogen and oxygen atoms in total. The highest BCUT2D eigenvalue weighted by molar-refractivity contribution is 9.10. The van der Waals surface area contributed by atoms with Crippen LogP contribution in [0.2, 0.25) is 0 Å². The van der Waals surface area contributed by atoms with Crippen molar-refractivity contribution in [2.75, 3.05) is 19.6 Å². The van der Waals surface area contributed by atoms with Crippen LogP contribution in [0.25, 0.3) is 11.1 Å². The molecule has 0 radical (unpaired) electrons. The highest BCUT2D eigenvalue weighted by Gasteiger charge is 2.20. The van der Waals surface area contributed by atoms with Gasteiger partial charge in [0, 0.05) is 77.2 Å².